The van der Waals surface area contributed by atoms with Crippen LogP contribution in [0.1, 0.15) is 30.1 Å². The molecule has 1 N–H and O–H groups in total. The molecule has 1 aliphatic heterocycles. The van der Waals surface area contributed by atoms with Gasteiger partial charge in [0.25, 0.3) is 5.91 Å². The van der Waals surface area contributed by atoms with E-state index < -0.39 is 0 Å². The van der Waals surface area contributed by atoms with Gasteiger partial charge in [0.1, 0.15) is 5.82 Å². The standard InChI is InChI=1S/C17H23FN2O3/c1-12(11-23-2)19-16(21)14-4-3-9-20(10-14)17(22)13-5-7-15(18)8-6-13/h5-8,12,14H,3-4,9-11H2,1-2H3,(H,19,21). The Morgan fingerprint density at radius 2 is 2.09 bits per heavy atom. The molecule has 126 valence electrons. The number of methoxy groups -OCH3 is 1. The summed E-state index contributed by atoms with van der Waals surface area (Å²) in [7, 11) is 1.59. The molecule has 1 heterocycles. The van der Waals surface area contributed by atoms with Gasteiger partial charge in [-0.2, -0.15) is 0 Å². The average molecular weight is 322 g/mol. The predicted octanol–water partition coefficient (Wildman–Crippen LogP) is 1.83. The highest BCUT2D eigenvalue weighted by molar-refractivity contribution is 5.94. The van der Waals surface area contributed by atoms with Gasteiger partial charge in [-0.25, -0.2) is 4.39 Å². The molecular formula is C17H23FN2O3. The Hall–Kier alpha value is -1.95. The van der Waals surface area contributed by atoms with Gasteiger partial charge in [0.2, 0.25) is 5.91 Å². The van der Waals surface area contributed by atoms with Crippen LogP contribution in [0.4, 0.5) is 4.39 Å². The van der Waals surface area contributed by atoms with Gasteiger partial charge in [-0.05, 0) is 44.0 Å². The second-order valence-corrected chi connectivity index (χ2v) is 5.96. The van der Waals surface area contributed by atoms with E-state index >= 15 is 0 Å². The fourth-order valence-corrected chi connectivity index (χ4v) is 2.80. The number of hydrogen-bond acceptors (Lipinski definition) is 3. The molecule has 0 spiro atoms. The molecule has 2 atom stereocenters. The second kappa shape index (κ2) is 8.06. The third kappa shape index (κ3) is 4.76. The van der Waals surface area contributed by atoms with Crippen molar-refractivity contribution in [2.45, 2.75) is 25.8 Å². The van der Waals surface area contributed by atoms with E-state index in [0.717, 1.165) is 12.8 Å². The molecule has 5 nitrogen and oxygen atoms in total. The predicted molar refractivity (Wildman–Crippen MR) is 84.5 cm³/mol. The van der Waals surface area contributed by atoms with Crippen LogP contribution < -0.4 is 5.32 Å². The maximum atomic E-state index is 13.0. The number of hydrogen-bond donors (Lipinski definition) is 1. The monoisotopic (exact) mass is 322 g/mol. The number of halogens is 1. The number of carbonyl (C=O) groups is 2. The fourth-order valence-electron chi connectivity index (χ4n) is 2.80. The highest BCUT2D eigenvalue weighted by Crippen LogP contribution is 2.19. The molecule has 1 saturated heterocycles. The summed E-state index contributed by atoms with van der Waals surface area (Å²) in [6.45, 7) is 3.34. The van der Waals surface area contributed by atoms with Crippen molar-refractivity contribution in [3.63, 3.8) is 0 Å². The van der Waals surface area contributed by atoms with E-state index in [1.54, 1.807) is 12.0 Å². The topological polar surface area (TPSA) is 58.6 Å². The molecule has 1 fully saturated rings. The molecule has 0 aromatic heterocycles. The lowest BCUT2D eigenvalue weighted by Crippen LogP contribution is -2.47. The number of nitrogens with one attached hydrogen (secondary N) is 1. The molecule has 1 aromatic rings. The van der Waals surface area contributed by atoms with E-state index in [9.17, 15) is 14.0 Å². The largest absolute Gasteiger partial charge is 0.383 e. The van der Waals surface area contributed by atoms with Crippen LogP contribution in [-0.4, -0.2) is 49.6 Å². The Morgan fingerprint density at radius 3 is 2.74 bits per heavy atom. The van der Waals surface area contributed by atoms with E-state index in [0.29, 0.717) is 25.3 Å². The maximum Gasteiger partial charge on any atom is 0.253 e. The minimum Gasteiger partial charge on any atom is -0.383 e. The number of likely N-dealkylation sites (tertiary alicyclic amines) is 1. The summed E-state index contributed by atoms with van der Waals surface area (Å²) in [5.74, 6) is -0.796. The summed E-state index contributed by atoms with van der Waals surface area (Å²) in [6, 6.07) is 5.43. The van der Waals surface area contributed by atoms with Crippen LogP contribution in [-0.2, 0) is 9.53 Å². The number of carbonyl (C=O) groups excluding carboxylic acids is 2. The second-order valence-electron chi connectivity index (χ2n) is 5.96. The molecule has 0 saturated carbocycles. The average Bonchev–Trinajstić information content (AvgIpc) is 2.55. The minimum atomic E-state index is -0.371. The SMILES string of the molecule is COCC(C)NC(=O)C1CCCN(C(=O)c2ccc(F)cc2)C1. The quantitative estimate of drug-likeness (QED) is 0.900. The summed E-state index contributed by atoms with van der Waals surface area (Å²) in [5, 5.41) is 2.91. The molecule has 1 aliphatic rings. The highest BCUT2D eigenvalue weighted by atomic mass is 19.1. The zero-order valence-corrected chi connectivity index (χ0v) is 13.5. The van der Waals surface area contributed by atoms with Gasteiger partial charge in [0.15, 0.2) is 0 Å². The fraction of sp³-hybridized carbons (Fsp3) is 0.529. The van der Waals surface area contributed by atoms with Crippen molar-refractivity contribution in [1.29, 1.82) is 0 Å². The maximum absolute atomic E-state index is 13.0. The highest BCUT2D eigenvalue weighted by Gasteiger charge is 2.29. The summed E-state index contributed by atoms with van der Waals surface area (Å²) in [5.41, 5.74) is 0.445. The third-order valence-corrected chi connectivity index (χ3v) is 3.98. The molecule has 0 bridgehead atoms. The summed E-state index contributed by atoms with van der Waals surface area (Å²) >= 11 is 0. The first-order chi connectivity index (χ1) is 11.0. The first-order valence-electron chi connectivity index (χ1n) is 7.85. The third-order valence-electron chi connectivity index (χ3n) is 3.98. The van der Waals surface area contributed by atoms with Crippen molar-refractivity contribution in [1.82, 2.24) is 10.2 Å². The van der Waals surface area contributed by atoms with Crippen molar-refractivity contribution in [2.75, 3.05) is 26.8 Å². The number of amides is 2. The first-order valence-corrected chi connectivity index (χ1v) is 7.85. The van der Waals surface area contributed by atoms with Gasteiger partial charge in [0.05, 0.1) is 12.5 Å². The smallest absolute Gasteiger partial charge is 0.253 e. The van der Waals surface area contributed by atoms with Crippen molar-refractivity contribution in [2.24, 2.45) is 5.92 Å². The van der Waals surface area contributed by atoms with E-state index in [-0.39, 0.29) is 29.6 Å². The van der Waals surface area contributed by atoms with Crippen molar-refractivity contribution in [3.05, 3.63) is 35.6 Å². The Bertz CT molecular complexity index is 547. The van der Waals surface area contributed by atoms with Crippen LogP contribution >= 0.6 is 0 Å². The molecule has 1 aromatic carbocycles. The van der Waals surface area contributed by atoms with Crippen molar-refractivity contribution in [3.8, 4) is 0 Å². The van der Waals surface area contributed by atoms with E-state index in [1.165, 1.54) is 24.3 Å². The number of rotatable bonds is 5. The van der Waals surface area contributed by atoms with Gasteiger partial charge in [-0.15, -0.1) is 0 Å². The first kappa shape index (κ1) is 17.4. The van der Waals surface area contributed by atoms with Crippen molar-refractivity contribution < 1.29 is 18.7 Å². The molecule has 23 heavy (non-hydrogen) atoms. The molecule has 2 unspecified atom stereocenters. The molecule has 2 amide bonds. The molecular weight excluding hydrogens is 299 g/mol. The lowest BCUT2D eigenvalue weighted by atomic mass is 9.96. The van der Waals surface area contributed by atoms with Gasteiger partial charge < -0.3 is 15.0 Å². The van der Waals surface area contributed by atoms with Crippen molar-refractivity contribution >= 4 is 11.8 Å². The molecule has 6 heteroatoms. The van der Waals surface area contributed by atoms with E-state index in [1.807, 2.05) is 6.92 Å². The number of ether oxygens (including phenoxy) is 1. The van der Waals surface area contributed by atoms with Crippen LogP contribution in [0.2, 0.25) is 0 Å². The lowest BCUT2D eigenvalue weighted by molar-refractivity contribution is -0.127. The Morgan fingerprint density at radius 1 is 1.39 bits per heavy atom. The van der Waals surface area contributed by atoms with Crippen LogP contribution in [0.25, 0.3) is 0 Å². The van der Waals surface area contributed by atoms with Crippen LogP contribution in [0.5, 0.6) is 0 Å². The van der Waals surface area contributed by atoms with Gasteiger partial charge in [-0.1, -0.05) is 0 Å². The zero-order chi connectivity index (χ0) is 16.8. The Labute approximate surface area is 135 Å². The molecule has 0 radical (unpaired) electrons. The summed E-state index contributed by atoms with van der Waals surface area (Å²) in [6.07, 6.45) is 1.54. The molecule has 2 rings (SSSR count). The van der Waals surface area contributed by atoms with Crippen LogP contribution in [0.15, 0.2) is 24.3 Å². The van der Waals surface area contributed by atoms with Gasteiger partial charge in [0, 0.05) is 31.8 Å². The normalized spacial score (nSPS) is 19.3. The van der Waals surface area contributed by atoms with E-state index in [4.69, 9.17) is 4.74 Å². The molecule has 0 aliphatic carbocycles. The summed E-state index contributed by atoms with van der Waals surface area (Å²) < 4.78 is 18.0. The minimum absolute atomic E-state index is 0.0499. The van der Waals surface area contributed by atoms with Crippen LogP contribution in [0.3, 0.4) is 0 Å². The van der Waals surface area contributed by atoms with E-state index in [2.05, 4.69) is 5.32 Å². The number of benzene rings is 1. The van der Waals surface area contributed by atoms with Gasteiger partial charge >= 0.3 is 0 Å². The summed E-state index contributed by atoms with van der Waals surface area (Å²) in [4.78, 5) is 26.4. The lowest BCUT2D eigenvalue weighted by Gasteiger charge is -2.32. The number of piperidine rings is 1. The van der Waals surface area contributed by atoms with Crippen LogP contribution in [0, 0.1) is 11.7 Å². The Balaban J connectivity index is 1.96. The Kier molecular flexibility index (Phi) is 6.10. The number of nitrogens with zero attached hydrogens (tertiary/aromatic N) is 1. The zero-order valence-electron chi connectivity index (χ0n) is 13.5. The van der Waals surface area contributed by atoms with Gasteiger partial charge in [-0.3, -0.25) is 9.59 Å².